The molecule has 158 valence electrons. The summed E-state index contributed by atoms with van der Waals surface area (Å²) in [6.07, 6.45) is 5.62. The molecule has 1 aromatic carbocycles. The summed E-state index contributed by atoms with van der Waals surface area (Å²) in [6, 6.07) is 10.6. The smallest absolute Gasteiger partial charge is 0.313 e. The van der Waals surface area contributed by atoms with Gasteiger partial charge >= 0.3 is 11.8 Å². The Hall–Kier alpha value is -3.26. The Morgan fingerprint density at radius 1 is 1.00 bits per heavy atom. The number of rotatable bonds is 6. The number of pyridine rings is 1. The Labute approximate surface area is 176 Å². The average Bonchev–Trinajstić information content (AvgIpc) is 2.75. The molecular weight excluding hydrogens is 382 g/mol. The number of hydrogen-bond donors (Lipinski definition) is 3. The summed E-state index contributed by atoms with van der Waals surface area (Å²) in [5, 5.41) is 7.95. The zero-order valence-electron chi connectivity index (χ0n) is 17.1. The zero-order valence-corrected chi connectivity index (χ0v) is 17.1. The van der Waals surface area contributed by atoms with E-state index in [1.165, 1.54) is 12.5 Å². The van der Waals surface area contributed by atoms with Crippen molar-refractivity contribution in [3.05, 3.63) is 54.4 Å². The van der Waals surface area contributed by atoms with Crippen molar-refractivity contribution >= 4 is 29.1 Å². The fourth-order valence-corrected chi connectivity index (χ4v) is 3.44. The van der Waals surface area contributed by atoms with Crippen LogP contribution in [-0.2, 0) is 20.9 Å². The SMILES string of the molecule is CC(=O)Nc1ccc(NC(=O)C(=O)NCC2CCN(Cc3cccnc3)CC2)cc1. The van der Waals surface area contributed by atoms with Crippen LogP contribution in [0.1, 0.15) is 25.3 Å². The van der Waals surface area contributed by atoms with Gasteiger partial charge in [0, 0.05) is 43.8 Å². The van der Waals surface area contributed by atoms with Crippen LogP contribution in [0.25, 0.3) is 0 Å². The zero-order chi connectivity index (χ0) is 21.3. The summed E-state index contributed by atoms with van der Waals surface area (Å²) < 4.78 is 0. The number of benzene rings is 1. The molecule has 1 aliphatic heterocycles. The van der Waals surface area contributed by atoms with Gasteiger partial charge in [-0.25, -0.2) is 0 Å². The van der Waals surface area contributed by atoms with Gasteiger partial charge in [0.25, 0.3) is 0 Å². The van der Waals surface area contributed by atoms with Crippen LogP contribution in [0.2, 0.25) is 0 Å². The van der Waals surface area contributed by atoms with Crippen LogP contribution in [0, 0.1) is 5.92 Å². The molecule has 1 aromatic heterocycles. The van der Waals surface area contributed by atoms with E-state index in [2.05, 4.69) is 31.9 Å². The van der Waals surface area contributed by atoms with Crippen molar-refractivity contribution in [3.8, 4) is 0 Å². The molecule has 0 saturated carbocycles. The molecule has 0 atom stereocenters. The number of nitrogens with one attached hydrogen (secondary N) is 3. The van der Waals surface area contributed by atoms with Gasteiger partial charge in [-0.3, -0.25) is 24.3 Å². The van der Waals surface area contributed by atoms with Gasteiger partial charge in [-0.2, -0.15) is 0 Å². The van der Waals surface area contributed by atoms with E-state index in [0.29, 0.717) is 23.8 Å². The molecule has 2 aromatic rings. The van der Waals surface area contributed by atoms with Crippen molar-refractivity contribution in [1.29, 1.82) is 0 Å². The molecule has 8 nitrogen and oxygen atoms in total. The molecule has 3 amide bonds. The first-order valence-electron chi connectivity index (χ1n) is 10.1. The fraction of sp³-hybridized carbons (Fsp3) is 0.364. The number of nitrogens with zero attached hydrogens (tertiary/aromatic N) is 2. The van der Waals surface area contributed by atoms with E-state index in [-0.39, 0.29) is 5.91 Å². The molecule has 0 aliphatic carbocycles. The van der Waals surface area contributed by atoms with Crippen LogP contribution < -0.4 is 16.0 Å². The second-order valence-corrected chi connectivity index (χ2v) is 7.50. The molecule has 1 aliphatic rings. The van der Waals surface area contributed by atoms with Gasteiger partial charge < -0.3 is 16.0 Å². The van der Waals surface area contributed by atoms with Crippen molar-refractivity contribution in [2.75, 3.05) is 30.3 Å². The molecule has 2 heterocycles. The Morgan fingerprint density at radius 2 is 1.67 bits per heavy atom. The predicted molar refractivity (Wildman–Crippen MR) is 115 cm³/mol. The minimum absolute atomic E-state index is 0.172. The van der Waals surface area contributed by atoms with Crippen LogP contribution in [0.3, 0.4) is 0 Å². The summed E-state index contributed by atoms with van der Waals surface area (Å²) in [4.78, 5) is 41.8. The van der Waals surface area contributed by atoms with Gasteiger partial charge in [-0.15, -0.1) is 0 Å². The maximum atomic E-state index is 12.1. The molecule has 0 spiro atoms. The lowest BCUT2D eigenvalue weighted by Crippen LogP contribution is -2.41. The van der Waals surface area contributed by atoms with Gasteiger partial charge in [0.1, 0.15) is 0 Å². The highest BCUT2D eigenvalue weighted by Gasteiger charge is 2.21. The molecule has 3 rings (SSSR count). The summed E-state index contributed by atoms with van der Waals surface area (Å²) in [6.45, 7) is 4.72. The Bertz CT molecular complexity index is 862. The number of carbonyl (C=O) groups is 3. The van der Waals surface area contributed by atoms with Gasteiger partial charge in [0.15, 0.2) is 0 Å². The van der Waals surface area contributed by atoms with Gasteiger partial charge in [-0.1, -0.05) is 6.07 Å². The number of likely N-dealkylation sites (tertiary alicyclic amines) is 1. The monoisotopic (exact) mass is 409 g/mol. The number of hydrogen-bond acceptors (Lipinski definition) is 5. The maximum Gasteiger partial charge on any atom is 0.313 e. The van der Waals surface area contributed by atoms with Crippen LogP contribution in [-0.4, -0.2) is 47.2 Å². The maximum absolute atomic E-state index is 12.1. The topological polar surface area (TPSA) is 103 Å². The summed E-state index contributed by atoms with van der Waals surface area (Å²) in [7, 11) is 0. The van der Waals surface area contributed by atoms with E-state index in [1.807, 2.05) is 12.3 Å². The van der Waals surface area contributed by atoms with E-state index in [0.717, 1.165) is 32.5 Å². The molecule has 0 bridgehead atoms. The van der Waals surface area contributed by atoms with E-state index in [4.69, 9.17) is 0 Å². The van der Waals surface area contributed by atoms with Crippen molar-refractivity contribution in [1.82, 2.24) is 15.2 Å². The summed E-state index contributed by atoms with van der Waals surface area (Å²) in [5.74, 6) is -1.15. The van der Waals surface area contributed by atoms with Crippen molar-refractivity contribution in [2.24, 2.45) is 5.92 Å². The second kappa shape index (κ2) is 10.5. The molecule has 0 radical (unpaired) electrons. The third-order valence-electron chi connectivity index (χ3n) is 5.06. The fourth-order valence-electron chi connectivity index (χ4n) is 3.44. The number of amides is 3. The van der Waals surface area contributed by atoms with Crippen LogP contribution in [0.15, 0.2) is 48.8 Å². The van der Waals surface area contributed by atoms with Crippen LogP contribution >= 0.6 is 0 Å². The molecule has 1 fully saturated rings. The molecule has 0 unspecified atom stereocenters. The highest BCUT2D eigenvalue weighted by molar-refractivity contribution is 6.39. The summed E-state index contributed by atoms with van der Waals surface area (Å²) >= 11 is 0. The Balaban J connectivity index is 1.37. The standard InChI is InChI=1S/C22H27N5O3/c1-16(28)25-19-4-6-20(7-5-19)26-22(30)21(29)24-14-17-8-11-27(12-9-17)15-18-3-2-10-23-13-18/h2-7,10,13,17H,8-9,11-12,14-15H2,1H3,(H,24,29)(H,25,28)(H,26,30). The van der Waals surface area contributed by atoms with Gasteiger partial charge in [0.2, 0.25) is 5.91 Å². The van der Waals surface area contributed by atoms with E-state index in [1.54, 1.807) is 30.5 Å². The molecule has 3 N–H and O–H groups in total. The van der Waals surface area contributed by atoms with E-state index in [9.17, 15) is 14.4 Å². The van der Waals surface area contributed by atoms with Crippen LogP contribution in [0.5, 0.6) is 0 Å². The number of anilines is 2. The van der Waals surface area contributed by atoms with Gasteiger partial charge in [0.05, 0.1) is 0 Å². The highest BCUT2D eigenvalue weighted by atomic mass is 16.2. The lowest BCUT2D eigenvalue weighted by Gasteiger charge is -2.31. The second-order valence-electron chi connectivity index (χ2n) is 7.50. The van der Waals surface area contributed by atoms with E-state index >= 15 is 0 Å². The number of carbonyl (C=O) groups excluding carboxylic acids is 3. The van der Waals surface area contributed by atoms with Crippen molar-refractivity contribution in [2.45, 2.75) is 26.3 Å². The largest absolute Gasteiger partial charge is 0.348 e. The lowest BCUT2D eigenvalue weighted by atomic mass is 9.96. The molecule has 8 heteroatoms. The number of piperidine rings is 1. The van der Waals surface area contributed by atoms with Crippen molar-refractivity contribution in [3.63, 3.8) is 0 Å². The minimum atomic E-state index is -0.698. The number of aromatic nitrogens is 1. The van der Waals surface area contributed by atoms with E-state index < -0.39 is 11.8 Å². The third-order valence-corrected chi connectivity index (χ3v) is 5.06. The molecular formula is C22H27N5O3. The van der Waals surface area contributed by atoms with Crippen LogP contribution in [0.4, 0.5) is 11.4 Å². The molecule has 1 saturated heterocycles. The normalized spacial score (nSPS) is 14.7. The quantitative estimate of drug-likeness (QED) is 0.633. The Kier molecular flexibility index (Phi) is 7.51. The first kappa shape index (κ1) is 21.4. The first-order valence-corrected chi connectivity index (χ1v) is 10.1. The third kappa shape index (κ3) is 6.66. The predicted octanol–water partition coefficient (Wildman–Crippen LogP) is 2.01. The minimum Gasteiger partial charge on any atom is -0.348 e. The summed E-state index contributed by atoms with van der Waals surface area (Å²) in [5.41, 5.74) is 2.32. The van der Waals surface area contributed by atoms with Crippen molar-refractivity contribution < 1.29 is 14.4 Å². The average molecular weight is 409 g/mol. The highest BCUT2D eigenvalue weighted by Crippen LogP contribution is 2.18. The first-order chi connectivity index (χ1) is 14.5. The molecule has 30 heavy (non-hydrogen) atoms. The van der Waals surface area contributed by atoms with Gasteiger partial charge in [-0.05, 0) is 67.7 Å². The Morgan fingerprint density at radius 3 is 2.27 bits per heavy atom. The lowest BCUT2D eigenvalue weighted by molar-refractivity contribution is -0.136.